The summed E-state index contributed by atoms with van der Waals surface area (Å²) in [4.78, 5) is 4.11. The van der Waals surface area contributed by atoms with E-state index in [-0.39, 0.29) is 5.41 Å². The molecular formula is C6H11N3O. The van der Waals surface area contributed by atoms with Crippen molar-refractivity contribution in [3.63, 3.8) is 0 Å². The third kappa shape index (κ3) is 0.759. The summed E-state index contributed by atoms with van der Waals surface area (Å²) in [5.41, 5.74) is 5.71. The molecule has 2 heterocycles. The Hall–Kier alpha value is -0.770. The van der Waals surface area contributed by atoms with Gasteiger partial charge in [0.25, 0.3) is 0 Å². The van der Waals surface area contributed by atoms with E-state index >= 15 is 0 Å². The number of nitrogens with zero attached hydrogens (tertiary/aromatic N) is 1. The molecule has 0 bridgehead atoms. The normalized spacial score (nSPS) is 28.6. The van der Waals surface area contributed by atoms with Gasteiger partial charge >= 0.3 is 0 Å². The van der Waals surface area contributed by atoms with E-state index in [0.29, 0.717) is 5.96 Å². The fourth-order valence-electron chi connectivity index (χ4n) is 1.23. The van der Waals surface area contributed by atoms with E-state index in [1.165, 1.54) is 0 Å². The summed E-state index contributed by atoms with van der Waals surface area (Å²) >= 11 is 0. The summed E-state index contributed by atoms with van der Waals surface area (Å²) in [5, 5.41) is 3.02. The van der Waals surface area contributed by atoms with Crippen LogP contribution in [0.2, 0.25) is 0 Å². The Morgan fingerprint density at radius 1 is 1.60 bits per heavy atom. The quantitative estimate of drug-likeness (QED) is 0.451. The van der Waals surface area contributed by atoms with Crippen LogP contribution >= 0.6 is 0 Å². The molecule has 0 aliphatic carbocycles. The zero-order valence-electron chi connectivity index (χ0n) is 5.76. The summed E-state index contributed by atoms with van der Waals surface area (Å²) in [6, 6.07) is 0. The van der Waals surface area contributed by atoms with Gasteiger partial charge in [-0.25, -0.2) is 0 Å². The Morgan fingerprint density at radius 3 is 2.80 bits per heavy atom. The molecule has 2 aliphatic rings. The molecule has 10 heavy (non-hydrogen) atoms. The SMILES string of the molecule is NC1=NCC2(CN1)COC2. The van der Waals surface area contributed by atoms with Crippen LogP contribution < -0.4 is 11.1 Å². The van der Waals surface area contributed by atoms with Crippen molar-refractivity contribution in [2.45, 2.75) is 0 Å². The average Bonchev–Trinajstić information content (AvgIpc) is 1.86. The third-order valence-electron chi connectivity index (χ3n) is 2.05. The fraction of sp³-hybridized carbons (Fsp3) is 0.833. The molecule has 0 aromatic carbocycles. The van der Waals surface area contributed by atoms with Crippen molar-refractivity contribution in [3.05, 3.63) is 0 Å². The highest BCUT2D eigenvalue weighted by molar-refractivity contribution is 5.78. The van der Waals surface area contributed by atoms with Gasteiger partial charge in [-0.2, -0.15) is 0 Å². The highest BCUT2D eigenvalue weighted by atomic mass is 16.5. The van der Waals surface area contributed by atoms with Crippen molar-refractivity contribution in [2.24, 2.45) is 16.1 Å². The summed E-state index contributed by atoms with van der Waals surface area (Å²) in [7, 11) is 0. The first-order valence-electron chi connectivity index (χ1n) is 3.42. The van der Waals surface area contributed by atoms with E-state index < -0.39 is 0 Å². The molecule has 4 nitrogen and oxygen atoms in total. The number of nitrogens with two attached hydrogens (primary N) is 1. The minimum absolute atomic E-state index is 0.281. The summed E-state index contributed by atoms with van der Waals surface area (Å²) < 4.78 is 5.10. The number of hydrogen-bond donors (Lipinski definition) is 2. The average molecular weight is 141 g/mol. The predicted molar refractivity (Wildman–Crippen MR) is 37.7 cm³/mol. The molecule has 0 aromatic rings. The lowest BCUT2D eigenvalue weighted by Crippen LogP contribution is -2.57. The third-order valence-corrected chi connectivity index (χ3v) is 2.05. The van der Waals surface area contributed by atoms with Crippen molar-refractivity contribution in [1.29, 1.82) is 0 Å². The molecule has 1 saturated heterocycles. The minimum Gasteiger partial charge on any atom is -0.380 e. The lowest BCUT2D eigenvalue weighted by Gasteiger charge is -2.42. The summed E-state index contributed by atoms with van der Waals surface area (Å²) in [6.45, 7) is 3.40. The van der Waals surface area contributed by atoms with Crippen molar-refractivity contribution < 1.29 is 4.74 Å². The fourth-order valence-corrected chi connectivity index (χ4v) is 1.23. The van der Waals surface area contributed by atoms with E-state index in [1.807, 2.05) is 0 Å². The van der Waals surface area contributed by atoms with Crippen LogP contribution in [0.1, 0.15) is 0 Å². The maximum Gasteiger partial charge on any atom is 0.188 e. The number of aliphatic imine (C=N–C) groups is 1. The van der Waals surface area contributed by atoms with Crippen LogP contribution in [0.25, 0.3) is 0 Å². The van der Waals surface area contributed by atoms with Gasteiger partial charge in [0.2, 0.25) is 0 Å². The molecule has 1 fully saturated rings. The molecule has 0 saturated carbocycles. The monoisotopic (exact) mass is 141 g/mol. The predicted octanol–water partition coefficient (Wildman–Crippen LogP) is -1.08. The number of rotatable bonds is 0. The molecule has 2 aliphatic heterocycles. The summed E-state index contributed by atoms with van der Waals surface area (Å²) in [5.74, 6) is 0.567. The zero-order valence-corrected chi connectivity index (χ0v) is 5.76. The topological polar surface area (TPSA) is 59.6 Å². The van der Waals surface area contributed by atoms with Crippen LogP contribution in [0.15, 0.2) is 4.99 Å². The van der Waals surface area contributed by atoms with Crippen molar-refractivity contribution in [2.75, 3.05) is 26.3 Å². The molecule has 3 N–H and O–H groups in total. The Kier molecular flexibility index (Phi) is 1.11. The van der Waals surface area contributed by atoms with Gasteiger partial charge in [-0.1, -0.05) is 0 Å². The standard InChI is InChI=1S/C6H11N3O/c7-5-8-1-6(2-9-5)3-10-4-6/h1-4H2,(H3,7,8,9). The maximum atomic E-state index is 5.43. The van der Waals surface area contributed by atoms with Crippen molar-refractivity contribution in [3.8, 4) is 0 Å². The second-order valence-electron chi connectivity index (χ2n) is 3.05. The number of hydrogen-bond acceptors (Lipinski definition) is 4. The first-order valence-corrected chi connectivity index (χ1v) is 3.42. The molecule has 4 heteroatoms. The van der Waals surface area contributed by atoms with Gasteiger partial charge in [0.05, 0.1) is 25.2 Å². The minimum atomic E-state index is 0.281. The lowest BCUT2D eigenvalue weighted by molar-refractivity contribution is -0.104. The van der Waals surface area contributed by atoms with Crippen LogP contribution in [0.3, 0.4) is 0 Å². The van der Waals surface area contributed by atoms with Gasteiger partial charge < -0.3 is 15.8 Å². The largest absolute Gasteiger partial charge is 0.380 e. The van der Waals surface area contributed by atoms with Crippen LogP contribution in [-0.4, -0.2) is 32.3 Å². The van der Waals surface area contributed by atoms with E-state index in [9.17, 15) is 0 Å². The van der Waals surface area contributed by atoms with Gasteiger partial charge in [-0.05, 0) is 0 Å². The van der Waals surface area contributed by atoms with Crippen LogP contribution in [-0.2, 0) is 4.74 Å². The van der Waals surface area contributed by atoms with Crippen LogP contribution in [0.5, 0.6) is 0 Å². The molecule has 0 unspecified atom stereocenters. The first-order chi connectivity index (χ1) is 4.81. The molecule has 2 rings (SSSR count). The second kappa shape index (κ2) is 1.85. The van der Waals surface area contributed by atoms with Crippen LogP contribution in [0.4, 0.5) is 0 Å². The smallest absolute Gasteiger partial charge is 0.188 e. The van der Waals surface area contributed by atoms with E-state index in [4.69, 9.17) is 10.5 Å². The molecule has 0 atom stereocenters. The number of guanidine groups is 1. The van der Waals surface area contributed by atoms with Gasteiger partial charge in [0.1, 0.15) is 0 Å². The van der Waals surface area contributed by atoms with E-state index in [0.717, 1.165) is 26.3 Å². The Balaban J connectivity index is 2.04. The van der Waals surface area contributed by atoms with Gasteiger partial charge in [0, 0.05) is 6.54 Å². The Bertz CT molecular complexity index is 174. The highest BCUT2D eigenvalue weighted by Crippen LogP contribution is 2.28. The number of nitrogens with one attached hydrogen (secondary N) is 1. The Morgan fingerprint density at radius 2 is 2.40 bits per heavy atom. The second-order valence-corrected chi connectivity index (χ2v) is 3.05. The number of ether oxygens (including phenoxy) is 1. The lowest BCUT2D eigenvalue weighted by atomic mass is 9.85. The van der Waals surface area contributed by atoms with Crippen molar-refractivity contribution in [1.82, 2.24) is 5.32 Å². The Labute approximate surface area is 59.5 Å². The van der Waals surface area contributed by atoms with E-state index in [1.54, 1.807) is 0 Å². The molecule has 0 amide bonds. The molecule has 56 valence electrons. The van der Waals surface area contributed by atoms with Gasteiger partial charge in [-0.15, -0.1) is 0 Å². The molecule has 0 radical (unpaired) electrons. The van der Waals surface area contributed by atoms with Gasteiger partial charge in [0.15, 0.2) is 5.96 Å². The maximum absolute atomic E-state index is 5.43. The van der Waals surface area contributed by atoms with E-state index in [2.05, 4.69) is 10.3 Å². The molecule has 0 aromatic heterocycles. The van der Waals surface area contributed by atoms with Crippen LogP contribution in [0, 0.1) is 5.41 Å². The zero-order chi connectivity index (χ0) is 7.03. The molecular weight excluding hydrogens is 130 g/mol. The molecule has 1 spiro atoms. The van der Waals surface area contributed by atoms with Gasteiger partial charge in [-0.3, -0.25) is 4.99 Å². The first kappa shape index (κ1) is 5.97. The highest BCUT2D eigenvalue weighted by Gasteiger charge is 2.40. The summed E-state index contributed by atoms with van der Waals surface area (Å²) in [6.07, 6.45) is 0. The van der Waals surface area contributed by atoms with Crippen molar-refractivity contribution >= 4 is 5.96 Å².